The van der Waals surface area contributed by atoms with Crippen LogP contribution in [0.1, 0.15) is 29.4 Å². The standard InChI is InChI=1S/C18H21N3O4/c1-2-25-12-13-5-3-6-14(11-13)21-16(23)8-10-20-18(24)17-15(22)7-4-9-19-17/h3-7,9,11,22H,2,8,10,12H2,1H3,(H,20,24)(H,21,23). The van der Waals surface area contributed by atoms with Crippen LogP contribution in [0.4, 0.5) is 5.69 Å². The van der Waals surface area contributed by atoms with Crippen LogP contribution in [0.25, 0.3) is 0 Å². The second-order valence-electron chi connectivity index (χ2n) is 5.26. The first-order chi connectivity index (χ1) is 12.1. The summed E-state index contributed by atoms with van der Waals surface area (Å²) in [6.45, 7) is 3.18. The van der Waals surface area contributed by atoms with E-state index < -0.39 is 5.91 Å². The average Bonchev–Trinajstić information content (AvgIpc) is 2.60. The molecule has 0 fully saturated rings. The summed E-state index contributed by atoms with van der Waals surface area (Å²) in [4.78, 5) is 27.6. The van der Waals surface area contributed by atoms with Gasteiger partial charge in [-0.05, 0) is 36.8 Å². The molecular weight excluding hydrogens is 322 g/mol. The molecule has 25 heavy (non-hydrogen) atoms. The molecule has 0 aliphatic rings. The van der Waals surface area contributed by atoms with Crippen LogP contribution in [0, 0.1) is 0 Å². The van der Waals surface area contributed by atoms with Crippen molar-refractivity contribution >= 4 is 17.5 Å². The zero-order valence-corrected chi connectivity index (χ0v) is 14.0. The van der Waals surface area contributed by atoms with E-state index in [1.165, 1.54) is 18.3 Å². The SMILES string of the molecule is CCOCc1cccc(NC(=O)CCNC(=O)c2ncccc2O)c1. The number of benzene rings is 1. The van der Waals surface area contributed by atoms with Crippen LogP contribution in [-0.4, -0.2) is 35.1 Å². The molecule has 0 atom stereocenters. The van der Waals surface area contributed by atoms with Gasteiger partial charge in [0.15, 0.2) is 5.69 Å². The molecule has 7 heteroatoms. The Labute approximate surface area is 146 Å². The number of carbonyl (C=O) groups excluding carboxylic acids is 2. The van der Waals surface area contributed by atoms with Crippen molar-refractivity contribution in [1.82, 2.24) is 10.3 Å². The Kier molecular flexibility index (Phi) is 6.91. The molecule has 1 aromatic heterocycles. The highest BCUT2D eigenvalue weighted by Crippen LogP contribution is 2.13. The average molecular weight is 343 g/mol. The molecule has 0 spiro atoms. The largest absolute Gasteiger partial charge is 0.505 e. The number of carbonyl (C=O) groups is 2. The fourth-order valence-corrected chi connectivity index (χ4v) is 2.13. The van der Waals surface area contributed by atoms with Gasteiger partial charge in [-0.25, -0.2) is 4.98 Å². The number of nitrogens with zero attached hydrogens (tertiary/aromatic N) is 1. The molecule has 3 N–H and O–H groups in total. The molecule has 1 aromatic carbocycles. The van der Waals surface area contributed by atoms with Crippen molar-refractivity contribution in [3.8, 4) is 5.75 Å². The maximum atomic E-state index is 12.0. The van der Waals surface area contributed by atoms with Crippen LogP contribution in [0.3, 0.4) is 0 Å². The van der Waals surface area contributed by atoms with E-state index in [1.807, 2.05) is 25.1 Å². The third kappa shape index (κ3) is 5.89. The number of aromatic nitrogens is 1. The molecule has 7 nitrogen and oxygen atoms in total. The summed E-state index contributed by atoms with van der Waals surface area (Å²) in [5.74, 6) is -0.945. The van der Waals surface area contributed by atoms with Crippen molar-refractivity contribution < 1.29 is 19.4 Å². The molecule has 1 heterocycles. The zero-order valence-electron chi connectivity index (χ0n) is 14.0. The van der Waals surface area contributed by atoms with Crippen molar-refractivity contribution in [2.75, 3.05) is 18.5 Å². The second kappa shape index (κ2) is 9.39. The third-order valence-corrected chi connectivity index (χ3v) is 3.32. The predicted octanol–water partition coefficient (Wildman–Crippen LogP) is 2.08. The van der Waals surface area contributed by atoms with Gasteiger partial charge in [0.2, 0.25) is 5.91 Å². The van der Waals surface area contributed by atoms with Gasteiger partial charge in [0.05, 0.1) is 6.61 Å². The number of aromatic hydroxyl groups is 1. The van der Waals surface area contributed by atoms with E-state index in [2.05, 4.69) is 15.6 Å². The number of amides is 2. The lowest BCUT2D eigenvalue weighted by atomic mass is 10.2. The maximum absolute atomic E-state index is 12.0. The molecule has 0 aliphatic heterocycles. The number of hydrogen-bond donors (Lipinski definition) is 3. The Bertz CT molecular complexity index is 734. The lowest BCUT2D eigenvalue weighted by Crippen LogP contribution is -2.28. The Morgan fingerprint density at radius 2 is 2.08 bits per heavy atom. The topological polar surface area (TPSA) is 101 Å². The van der Waals surface area contributed by atoms with Gasteiger partial charge in [0.1, 0.15) is 5.75 Å². The number of ether oxygens (including phenoxy) is 1. The highest BCUT2D eigenvalue weighted by molar-refractivity contribution is 5.95. The Morgan fingerprint density at radius 1 is 1.24 bits per heavy atom. The van der Waals surface area contributed by atoms with Crippen molar-refractivity contribution in [1.29, 1.82) is 0 Å². The molecule has 2 rings (SSSR count). The summed E-state index contributed by atoms with van der Waals surface area (Å²) >= 11 is 0. The summed E-state index contributed by atoms with van der Waals surface area (Å²) < 4.78 is 5.34. The first kappa shape index (κ1) is 18.4. The van der Waals surface area contributed by atoms with E-state index in [9.17, 15) is 14.7 Å². The summed E-state index contributed by atoms with van der Waals surface area (Å²) in [6.07, 6.45) is 1.52. The number of nitrogens with one attached hydrogen (secondary N) is 2. The minimum Gasteiger partial charge on any atom is -0.505 e. The third-order valence-electron chi connectivity index (χ3n) is 3.32. The van der Waals surface area contributed by atoms with Gasteiger partial charge in [0.25, 0.3) is 5.91 Å². The summed E-state index contributed by atoms with van der Waals surface area (Å²) in [5.41, 5.74) is 1.58. The van der Waals surface area contributed by atoms with Crippen LogP contribution in [0.15, 0.2) is 42.6 Å². The molecule has 132 valence electrons. The Hall–Kier alpha value is -2.93. The van der Waals surface area contributed by atoms with Crippen LogP contribution in [-0.2, 0) is 16.1 Å². The van der Waals surface area contributed by atoms with Crippen LogP contribution in [0.2, 0.25) is 0 Å². The molecule has 0 saturated carbocycles. The number of pyridine rings is 1. The second-order valence-corrected chi connectivity index (χ2v) is 5.26. The van der Waals surface area contributed by atoms with Gasteiger partial charge >= 0.3 is 0 Å². The molecule has 0 saturated heterocycles. The van der Waals surface area contributed by atoms with Gasteiger partial charge in [-0.3, -0.25) is 9.59 Å². The van der Waals surface area contributed by atoms with Crippen LogP contribution >= 0.6 is 0 Å². The normalized spacial score (nSPS) is 10.3. The predicted molar refractivity (Wildman–Crippen MR) is 93.3 cm³/mol. The van der Waals surface area contributed by atoms with Crippen molar-refractivity contribution in [2.45, 2.75) is 20.0 Å². The van der Waals surface area contributed by atoms with Gasteiger partial charge in [-0.15, -0.1) is 0 Å². The number of rotatable bonds is 8. The number of hydrogen-bond acceptors (Lipinski definition) is 5. The Morgan fingerprint density at radius 3 is 2.84 bits per heavy atom. The van der Waals surface area contributed by atoms with Crippen LogP contribution < -0.4 is 10.6 Å². The molecular formula is C18H21N3O4. The minimum atomic E-state index is -0.524. The van der Waals surface area contributed by atoms with E-state index in [-0.39, 0.29) is 30.3 Å². The quantitative estimate of drug-likeness (QED) is 0.681. The van der Waals surface area contributed by atoms with Gasteiger partial charge < -0.3 is 20.5 Å². The van der Waals surface area contributed by atoms with Gasteiger partial charge in [-0.1, -0.05) is 12.1 Å². The smallest absolute Gasteiger partial charge is 0.273 e. The summed E-state index contributed by atoms with van der Waals surface area (Å²) in [7, 11) is 0. The Balaban J connectivity index is 1.79. The first-order valence-electron chi connectivity index (χ1n) is 7.99. The van der Waals surface area contributed by atoms with Gasteiger partial charge in [-0.2, -0.15) is 0 Å². The molecule has 2 amide bonds. The van der Waals surface area contributed by atoms with E-state index in [0.717, 1.165) is 5.56 Å². The molecule has 0 radical (unpaired) electrons. The van der Waals surface area contributed by atoms with Gasteiger partial charge in [0, 0.05) is 31.5 Å². The fraction of sp³-hybridized carbons (Fsp3) is 0.278. The van der Waals surface area contributed by atoms with E-state index in [4.69, 9.17) is 4.74 Å². The molecule has 0 aliphatic carbocycles. The summed E-state index contributed by atoms with van der Waals surface area (Å²) in [5, 5.41) is 14.9. The van der Waals surface area contributed by atoms with Crippen LogP contribution in [0.5, 0.6) is 5.75 Å². The fourth-order valence-electron chi connectivity index (χ4n) is 2.13. The van der Waals surface area contributed by atoms with E-state index >= 15 is 0 Å². The van der Waals surface area contributed by atoms with E-state index in [0.29, 0.717) is 18.9 Å². The molecule has 0 bridgehead atoms. The van der Waals surface area contributed by atoms with Crippen molar-refractivity contribution in [3.63, 3.8) is 0 Å². The highest BCUT2D eigenvalue weighted by atomic mass is 16.5. The lowest BCUT2D eigenvalue weighted by molar-refractivity contribution is -0.116. The molecule has 2 aromatic rings. The first-order valence-corrected chi connectivity index (χ1v) is 7.99. The maximum Gasteiger partial charge on any atom is 0.273 e. The summed E-state index contributed by atoms with van der Waals surface area (Å²) in [6, 6.07) is 10.3. The van der Waals surface area contributed by atoms with Crippen molar-refractivity contribution in [2.24, 2.45) is 0 Å². The minimum absolute atomic E-state index is 0.0634. The molecule has 0 unspecified atom stereocenters. The van der Waals surface area contributed by atoms with Crippen molar-refractivity contribution in [3.05, 3.63) is 53.9 Å². The van der Waals surface area contributed by atoms with E-state index in [1.54, 1.807) is 6.07 Å². The number of anilines is 1. The highest BCUT2D eigenvalue weighted by Gasteiger charge is 2.12. The lowest BCUT2D eigenvalue weighted by Gasteiger charge is -2.08. The zero-order chi connectivity index (χ0) is 18.1. The monoisotopic (exact) mass is 343 g/mol.